The Morgan fingerprint density at radius 1 is 0.920 bits per heavy atom. The Bertz CT molecular complexity index is 503. The molecule has 1 aromatic rings. The number of hydrogen-bond donors (Lipinski definition) is 1. The maximum absolute atomic E-state index is 12.4. The van der Waals surface area contributed by atoms with Crippen molar-refractivity contribution in [1.29, 1.82) is 0 Å². The molecule has 0 aromatic heterocycles. The molecule has 0 aliphatic carbocycles. The topological polar surface area (TPSA) is 46.5 Å². The zero-order chi connectivity index (χ0) is 19.2. The van der Waals surface area contributed by atoms with Crippen LogP contribution in [0.3, 0.4) is 0 Å². The second-order valence-electron chi connectivity index (χ2n) is 8.12. The molecule has 0 aliphatic rings. The maximum Gasteiger partial charge on any atom is 0.200 e. The lowest BCUT2D eigenvalue weighted by molar-refractivity contribution is -0.122. The lowest BCUT2D eigenvalue weighted by Gasteiger charge is -2.44. The van der Waals surface area contributed by atoms with Gasteiger partial charge in [0.15, 0.2) is 0 Å². The van der Waals surface area contributed by atoms with E-state index >= 15 is 0 Å². The number of benzene rings is 1. The van der Waals surface area contributed by atoms with E-state index in [-0.39, 0.29) is 18.3 Å². The molecule has 0 unspecified atom stereocenters. The van der Waals surface area contributed by atoms with Crippen molar-refractivity contribution in [2.45, 2.75) is 90.1 Å². The molecule has 0 amide bonds. The molecule has 0 aliphatic heterocycles. The number of rotatable bonds is 10. The van der Waals surface area contributed by atoms with E-state index in [1.807, 2.05) is 37.3 Å². The van der Waals surface area contributed by atoms with Crippen LogP contribution in [0.5, 0.6) is 0 Å². The Labute approximate surface area is 154 Å². The molecule has 25 heavy (non-hydrogen) atoms. The summed E-state index contributed by atoms with van der Waals surface area (Å²) in [6.45, 7) is 15.5. The Hall–Kier alpha value is -0.973. The summed E-state index contributed by atoms with van der Waals surface area (Å²) in [7, 11) is -1.98. The van der Waals surface area contributed by atoms with Crippen molar-refractivity contribution >= 4 is 14.1 Å². The molecule has 4 heteroatoms. The van der Waals surface area contributed by atoms with Crippen LogP contribution in [-0.4, -0.2) is 25.3 Å². The first-order valence-corrected chi connectivity index (χ1v) is 11.7. The molecule has 1 rings (SSSR count). The van der Waals surface area contributed by atoms with E-state index in [1.165, 1.54) is 0 Å². The third kappa shape index (κ3) is 5.76. The minimum atomic E-state index is -1.98. The quantitative estimate of drug-likeness (QED) is 0.546. The average molecular weight is 365 g/mol. The number of aliphatic hydroxyl groups excluding tert-OH is 1. The van der Waals surface area contributed by atoms with Crippen molar-refractivity contribution < 1.29 is 14.3 Å². The summed E-state index contributed by atoms with van der Waals surface area (Å²) < 4.78 is 6.62. The van der Waals surface area contributed by atoms with Gasteiger partial charge in [0.1, 0.15) is 5.78 Å². The smallest absolute Gasteiger partial charge is 0.200 e. The van der Waals surface area contributed by atoms with Crippen LogP contribution in [0, 0.1) is 0 Å². The lowest BCUT2D eigenvalue weighted by Crippen LogP contribution is -2.50. The second-order valence-corrected chi connectivity index (χ2v) is 13.5. The summed E-state index contributed by atoms with van der Waals surface area (Å²) in [5.41, 5.74) is 2.29. The summed E-state index contributed by atoms with van der Waals surface area (Å²) >= 11 is 0. The van der Waals surface area contributed by atoms with Crippen LogP contribution in [0.4, 0.5) is 0 Å². The van der Waals surface area contributed by atoms with E-state index in [9.17, 15) is 9.90 Å². The van der Waals surface area contributed by atoms with Crippen molar-refractivity contribution in [3.63, 3.8) is 0 Å². The number of Topliss-reactive ketones (excluding diaryl/α,β-unsaturated/α-hetero) is 1. The first-order chi connectivity index (χ1) is 11.6. The molecule has 2 atom stereocenters. The van der Waals surface area contributed by atoms with Crippen LogP contribution in [0.1, 0.15) is 73.0 Å². The fraction of sp³-hybridized carbons (Fsp3) is 0.667. The van der Waals surface area contributed by atoms with Crippen molar-refractivity contribution in [2.24, 2.45) is 0 Å². The SMILES string of the molecule is CC(C)[Si](O[C@H](C)CC(=O)C[C@H](O)c1ccccc1)(C(C)C)C(C)C. The summed E-state index contributed by atoms with van der Waals surface area (Å²) in [6.07, 6.45) is -0.320. The van der Waals surface area contributed by atoms with Crippen molar-refractivity contribution in [1.82, 2.24) is 0 Å². The van der Waals surface area contributed by atoms with Gasteiger partial charge < -0.3 is 9.53 Å². The maximum atomic E-state index is 12.4. The van der Waals surface area contributed by atoms with Crippen molar-refractivity contribution in [2.75, 3.05) is 0 Å². The molecule has 0 saturated heterocycles. The predicted octanol–water partition coefficient (Wildman–Crippen LogP) is 5.65. The summed E-state index contributed by atoms with van der Waals surface area (Å²) in [5.74, 6) is 0.0584. The number of aliphatic hydroxyl groups is 1. The van der Waals surface area contributed by atoms with Crippen LogP contribution in [0.15, 0.2) is 30.3 Å². The van der Waals surface area contributed by atoms with Crippen LogP contribution < -0.4 is 0 Å². The highest BCUT2D eigenvalue weighted by Gasteiger charge is 2.46. The molecule has 0 spiro atoms. The van der Waals surface area contributed by atoms with Gasteiger partial charge in [0.25, 0.3) is 0 Å². The third-order valence-electron chi connectivity index (χ3n) is 5.23. The molecule has 0 fully saturated rings. The summed E-state index contributed by atoms with van der Waals surface area (Å²) in [6, 6.07) is 9.37. The Balaban J connectivity index is 2.70. The molecule has 1 aromatic carbocycles. The summed E-state index contributed by atoms with van der Waals surface area (Å²) in [5, 5.41) is 10.2. The van der Waals surface area contributed by atoms with Gasteiger partial charge in [-0.2, -0.15) is 0 Å². The largest absolute Gasteiger partial charge is 0.413 e. The standard InChI is InChI=1S/C21H36O3Si/c1-15(2)25(16(3)4,17(5)6)24-18(7)13-20(22)14-21(23)19-11-9-8-10-12-19/h8-12,15-18,21,23H,13-14H2,1-7H3/t18-,21+/m1/s1. The highest BCUT2D eigenvalue weighted by Crippen LogP contribution is 2.43. The monoisotopic (exact) mass is 364 g/mol. The Morgan fingerprint density at radius 3 is 1.84 bits per heavy atom. The predicted molar refractivity (Wildman–Crippen MR) is 107 cm³/mol. The third-order valence-corrected chi connectivity index (χ3v) is 11.5. The van der Waals surface area contributed by atoms with E-state index in [2.05, 4.69) is 41.5 Å². The van der Waals surface area contributed by atoms with E-state index < -0.39 is 14.4 Å². The van der Waals surface area contributed by atoms with Crippen LogP contribution in [0.2, 0.25) is 16.6 Å². The first-order valence-electron chi connectivity index (χ1n) is 9.53. The van der Waals surface area contributed by atoms with Crippen LogP contribution >= 0.6 is 0 Å². The van der Waals surface area contributed by atoms with Gasteiger partial charge in [-0.3, -0.25) is 4.79 Å². The first kappa shape index (κ1) is 22.1. The molecular formula is C21H36O3Si. The normalized spacial score (nSPS) is 15.0. The van der Waals surface area contributed by atoms with Crippen molar-refractivity contribution in [3.05, 3.63) is 35.9 Å². The molecular weight excluding hydrogens is 328 g/mol. The van der Waals surface area contributed by atoms with E-state index in [0.29, 0.717) is 23.0 Å². The summed E-state index contributed by atoms with van der Waals surface area (Å²) in [4.78, 5) is 12.4. The van der Waals surface area contributed by atoms with Gasteiger partial charge in [-0.25, -0.2) is 0 Å². The van der Waals surface area contributed by atoms with Gasteiger partial charge in [-0.15, -0.1) is 0 Å². The van der Waals surface area contributed by atoms with Crippen LogP contribution in [-0.2, 0) is 9.22 Å². The fourth-order valence-corrected chi connectivity index (χ4v) is 9.81. The minimum absolute atomic E-state index is 0.0584. The van der Waals surface area contributed by atoms with Crippen molar-refractivity contribution in [3.8, 4) is 0 Å². The van der Waals surface area contributed by atoms with Gasteiger partial charge >= 0.3 is 0 Å². The van der Waals surface area contributed by atoms with Gasteiger partial charge in [0.05, 0.1) is 6.10 Å². The van der Waals surface area contributed by atoms with Gasteiger partial charge in [0, 0.05) is 18.9 Å². The number of carbonyl (C=O) groups is 1. The zero-order valence-corrected chi connectivity index (χ0v) is 18.0. The van der Waals surface area contributed by atoms with Gasteiger partial charge in [0.2, 0.25) is 8.32 Å². The fourth-order valence-electron chi connectivity index (χ4n) is 4.21. The molecule has 3 nitrogen and oxygen atoms in total. The Morgan fingerprint density at radius 2 is 1.40 bits per heavy atom. The molecule has 0 saturated carbocycles. The van der Waals surface area contributed by atoms with E-state index in [1.54, 1.807) is 0 Å². The van der Waals surface area contributed by atoms with Gasteiger partial charge in [-0.1, -0.05) is 71.9 Å². The molecule has 1 N–H and O–H groups in total. The zero-order valence-electron chi connectivity index (χ0n) is 17.0. The number of ketones is 1. The number of carbonyl (C=O) groups excluding carboxylic acids is 1. The molecule has 142 valence electrons. The van der Waals surface area contributed by atoms with E-state index in [0.717, 1.165) is 5.56 Å². The molecule has 0 radical (unpaired) electrons. The van der Waals surface area contributed by atoms with Crippen LogP contribution in [0.25, 0.3) is 0 Å². The average Bonchev–Trinajstić information content (AvgIpc) is 2.52. The molecule has 0 bridgehead atoms. The lowest BCUT2D eigenvalue weighted by atomic mass is 10.0. The highest BCUT2D eigenvalue weighted by atomic mass is 28.4. The second kappa shape index (κ2) is 9.65. The Kier molecular flexibility index (Phi) is 8.52. The number of hydrogen-bond acceptors (Lipinski definition) is 3. The minimum Gasteiger partial charge on any atom is -0.413 e. The van der Waals surface area contributed by atoms with E-state index in [4.69, 9.17) is 4.43 Å². The molecule has 0 heterocycles. The highest BCUT2D eigenvalue weighted by molar-refractivity contribution is 6.77. The van der Waals surface area contributed by atoms with Gasteiger partial charge in [-0.05, 0) is 29.1 Å².